The molecular formula is C22H25N3O2S. The lowest BCUT2D eigenvalue weighted by Gasteiger charge is -2.25. The van der Waals surface area contributed by atoms with Crippen LogP contribution in [0, 0.1) is 20.8 Å². The van der Waals surface area contributed by atoms with E-state index in [2.05, 4.69) is 16.4 Å². The molecule has 0 saturated carbocycles. The minimum Gasteiger partial charge on any atom is -0.395 e. The molecule has 0 bridgehead atoms. The molecule has 3 N–H and O–H groups in total. The second kappa shape index (κ2) is 8.54. The number of hydrogen-bond donors (Lipinski definition) is 3. The average molecular weight is 396 g/mol. The van der Waals surface area contributed by atoms with Gasteiger partial charge in [0.2, 0.25) is 0 Å². The van der Waals surface area contributed by atoms with Crippen LogP contribution in [-0.4, -0.2) is 33.3 Å². The zero-order valence-corrected chi connectivity index (χ0v) is 17.2. The highest BCUT2D eigenvalue weighted by molar-refractivity contribution is 7.80. The number of pyridine rings is 1. The van der Waals surface area contributed by atoms with Gasteiger partial charge in [0, 0.05) is 23.3 Å². The minimum atomic E-state index is -0.145. The summed E-state index contributed by atoms with van der Waals surface area (Å²) in [4.78, 5) is 17.3. The number of aryl methyl sites for hydroxylation is 3. The molecule has 146 valence electrons. The Balaban J connectivity index is 1.86. The Kier molecular flexibility index (Phi) is 6.11. The van der Waals surface area contributed by atoms with Crippen LogP contribution in [0.2, 0.25) is 0 Å². The fourth-order valence-corrected chi connectivity index (χ4v) is 3.48. The molecule has 3 aromatic rings. The second-order valence-corrected chi connectivity index (χ2v) is 7.49. The van der Waals surface area contributed by atoms with Gasteiger partial charge in [0.15, 0.2) is 5.11 Å². The Morgan fingerprint density at radius 3 is 2.54 bits per heavy atom. The van der Waals surface area contributed by atoms with Crippen LogP contribution in [0.4, 0.5) is 5.69 Å². The van der Waals surface area contributed by atoms with Crippen molar-refractivity contribution < 1.29 is 5.11 Å². The van der Waals surface area contributed by atoms with E-state index in [9.17, 15) is 9.90 Å². The number of H-pyrrole nitrogens is 1. The normalized spacial score (nSPS) is 10.9. The van der Waals surface area contributed by atoms with E-state index in [0.717, 1.165) is 27.7 Å². The molecule has 0 amide bonds. The SMILES string of the molecule is Cc1ccc(NC(=S)N(CCO)Cc2cc3cc(C)ccc3[nH]c2=O)c(C)c1. The topological polar surface area (TPSA) is 68.4 Å². The number of aliphatic hydroxyl groups excluding tert-OH is 1. The number of anilines is 1. The zero-order chi connectivity index (χ0) is 20.3. The number of fused-ring (bicyclic) bond motifs is 1. The molecule has 0 saturated heterocycles. The molecule has 1 heterocycles. The molecule has 0 radical (unpaired) electrons. The summed E-state index contributed by atoms with van der Waals surface area (Å²) in [5.41, 5.74) is 5.59. The van der Waals surface area contributed by atoms with Crippen molar-refractivity contribution in [3.05, 3.63) is 75.1 Å². The molecule has 6 heteroatoms. The molecule has 1 aromatic heterocycles. The third-order valence-electron chi connectivity index (χ3n) is 4.72. The molecule has 0 aliphatic rings. The molecular weight excluding hydrogens is 370 g/mol. The second-order valence-electron chi connectivity index (χ2n) is 7.11. The fourth-order valence-electron chi connectivity index (χ4n) is 3.22. The van der Waals surface area contributed by atoms with Crippen molar-refractivity contribution in [2.75, 3.05) is 18.5 Å². The minimum absolute atomic E-state index is 0.0563. The highest BCUT2D eigenvalue weighted by Gasteiger charge is 2.14. The maximum absolute atomic E-state index is 12.5. The Bertz CT molecular complexity index is 1080. The molecule has 0 aliphatic heterocycles. The van der Waals surface area contributed by atoms with Gasteiger partial charge in [-0.1, -0.05) is 29.3 Å². The van der Waals surface area contributed by atoms with Crippen molar-refractivity contribution in [1.29, 1.82) is 0 Å². The van der Waals surface area contributed by atoms with Crippen molar-refractivity contribution in [3.8, 4) is 0 Å². The van der Waals surface area contributed by atoms with Crippen LogP contribution in [0.5, 0.6) is 0 Å². The first kappa shape index (κ1) is 20.0. The van der Waals surface area contributed by atoms with Crippen molar-refractivity contribution in [1.82, 2.24) is 9.88 Å². The van der Waals surface area contributed by atoms with E-state index in [4.69, 9.17) is 12.2 Å². The highest BCUT2D eigenvalue weighted by atomic mass is 32.1. The van der Waals surface area contributed by atoms with Gasteiger partial charge in [0.25, 0.3) is 5.56 Å². The first-order valence-corrected chi connectivity index (χ1v) is 9.65. The van der Waals surface area contributed by atoms with Gasteiger partial charge in [-0.25, -0.2) is 0 Å². The van der Waals surface area contributed by atoms with Gasteiger partial charge in [0.05, 0.1) is 13.2 Å². The predicted octanol–water partition coefficient (Wildman–Crippen LogP) is 3.64. The predicted molar refractivity (Wildman–Crippen MR) is 119 cm³/mol. The fraction of sp³-hybridized carbons (Fsp3) is 0.273. The molecule has 0 atom stereocenters. The maximum atomic E-state index is 12.5. The molecule has 2 aromatic carbocycles. The Hall–Kier alpha value is -2.70. The van der Waals surface area contributed by atoms with Gasteiger partial charge >= 0.3 is 0 Å². The van der Waals surface area contributed by atoms with Gasteiger partial charge in [-0.3, -0.25) is 4.79 Å². The van der Waals surface area contributed by atoms with E-state index in [1.54, 1.807) is 4.90 Å². The number of nitrogens with zero attached hydrogens (tertiary/aromatic N) is 1. The quantitative estimate of drug-likeness (QED) is 0.576. The largest absolute Gasteiger partial charge is 0.395 e. The standard InChI is InChI=1S/C22H25N3O2S/c1-14-4-6-19(16(3)10-14)24-22(28)25(8-9-26)13-18-12-17-11-15(2)5-7-20(17)23-21(18)27/h4-7,10-12,26H,8-9,13H2,1-3H3,(H,23,27)(H,24,28). The summed E-state index contributed by atoms with van der Waals surface area (Å²) in [5.74, 6) is 0. The number of aromatic amines is 1. The Morgan fingerprint density at radius 1 is 1.11 bits per heavy atom. The summed E-state index contributed by atoms with van der Waals surface area (Å²) in [7, 11) is 0. The zero-order valence-electron chi connectivity index (χ0n) is 16.4. The van der Waals surface area contributed by atoms with Gasteiger partial charge in [0.1, 0.15) is 0 Å². The molecule has 0 fully saturated rings. The molecule has 3 rings (SSSR count). The summed E-state index contributed by atoms with van der Waals surface area (Å²) in [6, 6.07) is 13.9. The summed E-state index contributed by atoms with van der Waals surface area (Å²) in [5, 5.41) is 14.2. The van der Waals surface area contributed by atoms with Crippen LogP contribution in [0.25, 0.3) is 10.9 Å². The summed E-state index contributed by atoms with van der Waals surface area (Å²) in [6.07, 6.45) is 0. The van der Waals surface area contributed by atoms with E-state index >= 15 is 0 Å². The summed E-state index contributed by atoms with van der Waals surface area (Å²) < 4.78 is 0. The smallest absolute Gasteiger partial charge is 0.253 e. The van der Waals surface area contributed by atoms with Crippen molar-refractivity contribution in [2.45, 2.75) is 27.3 Å². The highest BCUT2D eigenvalue weighted by Crippen LogP contribution is 2.18. The van der Waals surface area contributed by atoms with Crippen molar-refractivity contribution in [3.63, 3.8) is 0 Å². The van der Waals surface area contributed by atoms with Crippen LogP contribution in [0.1, 0.15) is 22.3 Å². The number of aromatic nitrogens is 1. The van der Waals surface area contributed by atoms with Gasteiger partial charge in [-0.15, -0.1) is 0 Å². The van der Waals surface area contributed by atoms with Gasteiger partial charge in [-0.05, 0) is 68.2 Å². The Labute approximate surface area is 170 Å². The monoisotopic (exact) mass is 395 g/mol. The maximum Gasteiger partial charge on any atom is 0.253 e. The number of nitrogens with one attached hydrogen (secondary N) is 2. The lowest BCUT2D eigenvalue weighted by Crippen LogP contribution is -2.38. The van der Waals surface area contributed by atoms with E-state index in [-0.39, 0.29) is 12.2 Å². The lowest BCUT2D eigenvalue weighted by atomic mass is 10.1. The molecule has 0 aliphatic carbocycles. The number of aliphatic hydroxyl groups is 1. The molecule has 5 nitrogen and oxygen atoms in total. The number of hydrogen-bond acceptors (Lipinski definition) is 3. The van der Waals surface area contributed by atoms with Crippen LogP contribution < -0.4 is 10.9 Å². The van der Waals surface area contributed by atoms with Gasteiger partial charge in [-0.2, -0.15) is 0 Å². The average Bonchev–Trinajstić information content (AvgIpc) is 2.64. The summed E-state index contributed by atoms with van der Waals surface area (Å²) >= 11 is 5.57. The van der Waals surface area contributed by atoms with E-state index in [1.165, 1.54) is 5.56 Å². The van der Waals surface area contributed by atoms with E-state index < -0.39 is 0 Å². The first-order chi connectivity index (χ1) is 13.4. The van der Waals surface area contributed by atoms with Crippen LogP contribution in [0.3, 0.4) is 0 Å². The lowest BCUT2D eigenvalue weighted by molar-refractivity contribution is 0.248. The number of benzene rings is 2. The Morgan fingerprint density at radius 2 is 1.82 bits per heavy atom. The summed E-state index contributed by atoms with van der Waals surface area (Å²) in [6.45, 7) is 6.68. The first-order valence-electron chi connectivity index (χ1n) is 9.24. The van der Waals surface area contributed by atoms with Crippen LogP contribution in [-0.2, 0) is 6.54 Å². The third-order valence-corrected chi connectivity index (χ3v) is 5.08. The van der Waals surface area contributed by atoms with E-state index in [0.29, 0.717) is 23.8 Å². The van der Waals surface area contributed by atoms with Gasteiger partial charge < -0.3 is 20.3 Å². The van der Waals surface area contributed by atoms with E-state index in [1.807, 2.05) is 57.2 Å². The van der Waals surface area contributed by atoms with Crippen molar-refractivity contribution >= 4 is 33.9 Å². The number of rotatable bonds is 5. The third kappa shape index (κ3) is 4.58. The number of thiocarbonyl (C=S) groups is 1. The van der Waals surface area contributed by atoms with Crippen LogP contribution >= 0.6 is 12.2 Å². The molecule has 0 unspecified atom stereocenters. The van der Waals surface area contributed by atoms with Crippen LogP contribution in [0.15, 0.2) is 47.3 Å². The molecule has 28 heavy (non-hydrogen) atoms. The van der Waals surface area contributed by atoms with Crippen molar-refractivity contribution in [2.24, 2.45) is 0 Å². The molecule has 0 spiro atoms.